The second-order valence-corrected chi connectivity index (χ2v) is 36.3. The number of ether oxygens (including phenoxy) is 9. The minimum atomic E-state index is -0.794. The highest BCUT2D eigenvalue weighted by Gasteiger charge is 2.24. The Balaban J connectivity index is 0.555. The molecule has 0 aliphatic heterocycles. The average molecular weight is 1860 g/mol. The first kappa shape index (κ1) is 89.7. The van der Waals surface area contributed by atoms with E-state index in [1.165, 1.54) is 149 Å². The van der Waals surface area contributed by atoms with Crippen LogP contribution in [0, 0.1) is 0 Å². The Morgan fingerprint density at radius 2 is 0.284 bits per heavy atom. The monoisotopic (exact) mass is 1860 g/mol. The number of para-hydroxylation sites is 12. The minimum Gasteiger partial charge on any atom is -0.493 e. The van der Waals surface area contributed by atoms with Crippen molar-refractivity contribution in [1.82, 2.24) is 27.4 Å². The number of hydrogen-bond donors (Lipinski definition) is 0. The molecule has 16 aromatic carbocycles. The topological polar surface area (TPSA) is 164 Å². The Morgan fingerprint density at radius 3 is 0.426 bits per heavy atom. The molecular weight excluding hydrogens is 1750 g/mol. The lowest BCUT2D eigenvalue weighted by atomic mass is 10.2. The van der Waals surface area contributed by atoms with Crippen molar-refractivity contribution in [3.8, 4) is 51.7 Å². The number of aromatic nitrogens is 6. The summed E-state index contributed by atoms with van der Waals surface area (Å²) in [5.74, 6) is -0.288. The van der Waals surface area contributed by atoms with Crippen LogP contribution < -0.4 is 42.6 Å². The van der Waals surface area contributed by atoms with E-state index in [1.807, 2.05) is 18.2 Å². The quantitative estimate of drug-likeness (QED) is 0.0202. The van der Waals surface area contributed by atoms with Crippen molar-refractivity contribution in [2.75, 3.05) is 39.6 Å². The van der Waals surface area contributed by atoms with E-state index in [9.17, 15) is 0 Å². The lowest BCUT2D eigenvalue weighted by molar-refractivity contribution is 0.0728. The summed E-state index contributed by atoms with van der Waals surface area (Å²) >= 11 is 0. The molecule has 6 aromatic heterocycles. The van der Waals surface area contributed by atoms with Gasteiger partial charge >= 0.3 is 17.9 Å². The van der Waals surface area contributed by atoms with Gasteiger partial charge in [-0.3, -0.25) is 0 Å². The SMILES string of the molecule is O=C(Oc1cc(OC(=O)c2cc(OCCCCn3c4ccccc4c4ccccc43)cc(OCCCCn3c4ccccc4c4ccccc43)c2)cc(OC(=O)c2cc(OCCCCn3c4ccccc4c4ccccc43)cc(OCCCCn3c4ccccc4c4ccccc43)c2)c1)c1cc(OCCCCn2c3ccccc3c3ccccc32)cc(OCCCCn2c3ccccc3c3ccccc32)c1. The van der Waals surface area contributed by atoms with Crippen molar-refractivity contribution in [2.24, 2.45) is 0 Å². The maximum Gasteiger partial charge on any atom is 0.343 e. The van der Waals surface area contributed by atoms with Gasteiger partial charge in [-0.25, -0.2) is 14.4 Å². The zero-order valence-corrected chi connectivity index (χ0v) is 78.7. The van der Waals surface area contributed by atoms with Crippen LogP contribution in [-0.4, -0.2) is 85.0 Å². The highest BCUT2D eigenvalue weighted by atomic mass is 16.6. The third-order valence-electron chi connectivity index (χ3n) is 27.2. The van der Waals surface area contributed by atoms with Crippen molar-refractivity contribution in [2.45, 2.75) is 116 Å². The molecule has 0 aliphatic rings. The molecule has 0 N–H and O–H groups in total. The standard InChI is InChI=1S/C123H108N6O12/c130-121(85-73-88(133-67-31-25-61-124-109-49-13-1-37-97(109)98-38-2-14-50-110(98)124)79-89(74-85)134-68-32-26-62-125-111-51-15-3-39-99(111)100-40-4-16-52-112(100)125)139-94-82-95(140-122(131)86-75-90(135-69-33-27-63-126-113-53-17-5-41-101(113)102-42-6-18-54-114(102)126)80-91(76-86)136-70-34-28-64-127-115-55-19-7-43-103(115)104-44-8-20-56-116(104)127)84-96(83-94)141-123(132)87-77-92(137-71-35-29-65-128-117-57-21-9-45-105(117)106-46-10-22-58-118(106)128)81-93(78-87)138-72-36-30-66-129-119-59-23-11-47-107(119)108-48-12-24-60-120(108)129/h1-24,37-60,73-84H,25-36,61-72H2. The lowest BCUT2D eigenvalue weighted by Gasteiger charge is -2.15. The highest BCUT2D eigenvalue weighted by molar-refractivity contribution is 6.13. The number of carbonyl (C=O) groups is 3. The van der Waals surface area contributed by atoms with Gasteiger partial charge < -0.3 is 70.0 Å². The number of rotatable bonds is 42. The van der Waals surface area contributed by atoms with Crippen LogP contribution in [0.1, 0.15) is 108 Å². The van der Waals surface area contributed by atoms with E-state index < -0.39 is 17.9 Å². The zero-order valence-electron chi connectivity index (χ0n) is 78.7. The summed E-state index contributed by atoms with van der Waals surface area (Å²) in [5, 5.41) is 14.5. The molecule has 22 rings (SSSR count). The van der Waals surface area contributed by atoms with E-state index in [-0.39, 0.29) is 33.9 Å². The van der Waals surface area contributed by atoms with Crippen LogP contribution in [0.2, 0.25) is 0 Å². The van der Waals surface area contributed by atoms with Gasteiger partial charge in [0.05, 0.1) is 56.3 Å². The molecule has 702 valence electrons. The van der Waals surface area contributed by atoms with Gasteiger partial charge in [0.25, 0.3) is 0 Å². The Kier molecular flexibility index (Phi) is 26.4. The number of hydrogen-bond acceptors (Lipinski definition) is 12. The smallest absolute Gasteiger partial charge is 0.343 e. The summed E-state index contributed by atoms with van der Waals surface area (Å²) in [6, 6.07) is 122. The summed E-state index contributed by atoms with van der Waals surface area (Å²) in [6.45, 7) is 6.63. The van der Waals surface area contributed by atoms with Crippen LogP contribution in [0.25, 0.3) is 131 Å². The second kappa shape index (κ2) is 41.4. The number of fused-ring (bicyclic) bond motifs is 18. The van der Waals surface area contributed by atoms with Gasteiger partial charge in [0, 0.05) is 207 Å². The molecule has 6 heterocycles. The molecule has 0 radical (unpaired) electrons. The van der Waals surface area contributed by atoms with Crippen LogP contribution in [0.3, 0.4) is 0 Å². The van der Waals surface area contributed by atoms with Gasteiger partial charge in [-0.2, -0.15) is 0 Å². The fourth-order valence-electron chi connectivity index (χ4n) is 20.6. The van der Waals surface area contributed by atoms with Crippen molar-refractivity contribution in [3.05, 3.63) is 381 Å². The van der Waals surface area contributed by atoms with Crippen molar-refractivity contribution in [1.29, 1.82) is 0 Å². The summed E-state index contributed by atoms with van der Waals surface area (Å²) < 4.78 is 73.3. The van der Waals surface area contributed by atoms with Crippen molar-refractivity contribution >= 4 is 149 Å². The number of aryl methyl sites for hydroxylation is 6. The summed E-state index contributed by atoms with van der Waals surface area (Å²) in [4.78, 5) is 46.1. The Hall–Kier alpha value is -16.5. The van der Waals surface area contributed by atoms with E-state index in [0.29, 0.717) is 113 Å². The van der Waals surface area contributed by atoms with Crippen LogP contribution in [-0.2, 0) is 39.3 Å². The normalized spacial score (nSPS) is 11.7. The third kappa shape index (κ3) is 19.3. The molecule has 0 fully saturated rings. The van der Waals surface area contributed by atoms with Gasteiger partial charge in [-0.1, -0.05) is 218 Å². The largest absolute Gasteiger partial charge is 0.493 e. The van der Waals surface area contributed by atoms with Crippen LogP contribution in [0.5, 0.6) is 51.7 Å². The van der Waals surface area contributed by atoms with Crippen LogP contribution in [0.4, 0.5) is 0 Å². The molecule has 0 unspecified atom stereocenters. The van der Waals surface area contributed by atoms with E-state index in [2.05, 4.69) is 319 Å². The molecule has 0 amide bonds. The predicted molar refractivity (Wildman–Crippen MR) is 566 cm³/mol. The van der Waals surface area contributed by atoms with E-state index in [4.69, 9.17) is 42.6 Å². The molecule has 0 spiro atoms. The second-order valence-electron chi connectivity index (χ2n) is 36.3. The molecule has 22 aromatic rings. The van der Waals surface area contributed by atoms with Gasteiger partial charge in [0.1, 0.15) is 51.7 Å². The molecule has 141 heavy (non-hydrogen) atoms. The number of carbonyl (C=O) groups excluding carboxylic acids is 3. The third-order valence-corrected chi connectivity index (χ3v) is 27.2. The molecule has 0 aliphatic carbocycles. The average Bonchev–Trinajstić information content (AvgIpc) is 1.34. The van der Waals surface area contributed by atoms with Crippen LogP contribution in [0.15, 0.2) is 364 Å². The maximum absolute atomic E-state index is 15.4. The fraction of sp³-hybridized carbons (Fsp3) is 0.195. The van der Waals surface area contributed by atoms with Gasteiger partial charge in [0.15, 0.2) is 0 Å². The summed E-state index contributed by atoms with van der Waals surface area (Å²) in [5.41, 5.74) is 14.4. The molecule has 0 bridgehead atoms. The molecule has 0 saturated heterocycles. The maximum atomic E-state index is 15.4. The number of unbranched alkanes of at least 4 members (excludes halogenated alkanes) is 6. The molecule has 0 atom stereocenters. The van der Waals surface area contributed by atoms with E-state index in [0.717, 1.165) is 77.8 Å². The Morgan fingerprint density at radius 1 is 0.156 bits per heavy atom. The zero-order chi connectivity index (χ0) is 94.7. The lowest BCUT2D eigenvalue weighted by Crippen LogP contribution is -2.13. The van der Waals surface area contributed by atoms with Gasteiger partial charge in [-0.05, 0) is 186 Å². The van der Waals surface area contributed by atoms with Crippen molar-refractivity contribution in [3.63, 3.8) is 0 Å². The first-order chi connectivity index (χ1) is 69.7. The summed E-state index contributed by atoms with van der Waals surface area (Å²) in [7, 11) is 0. The summed E-state index contributed by atoms with van der Waals surface area (Å²) in [6.07, 6.45) is 9.07. The van der Waals surface area contributed by atoms with E-state index in [1.54, 1.807) is 36.4 Å². The minimum absolute atomic E-state index is 0.108. The fourth-order valence-corrected chi connectivity index (χ4v) is 20.6. The number of esters is 3. The molecule has 0 saturated carbocycles. The Bertz CT molecular complexity index is 6850. The number of benzene rings is 16. The van der Waals surface area contributed by atoms with Gasteiger partial charge in [0.2, 0.25) is 0 Å². The van der Waals surface area contributed by atoms with Gasteiger partial charge in [-0.15, -0.1) is 0 Å². The molecule has 18 heteroatoms. The first-order valence-corrected chi connectivity index (χ1v) is 49.5. The Labute approximate surface area is 816 Å². The van der Waals surface area contributed by atoms with Crippen LogP contribution >= 0.6 is 0 Å². The first-order valence-electron chi connectivity index (χ1n) is 49.5. The van der Waals surface area contributed by atoms with E-state index >= 15 is 14.4 Å². The molecular formula is C123H108N6O12. The highest BCUT2D eigenvalue weighted by Crippen LogP contribution is 2.40. The number of nitrogens with zero attached hydrogens (tertiary/aromatic N) is 6. The van der Waals surface area contributed by atoms with Crippen molar-refractivity contribution < 1.29 is 57.0 Å². The predicted octanol–water partition coefficient (Wildman–Crippen LogP) is 29.1. The molecule has 18 nitrogen and oxygen atoms in total.